The molecule has 30 heavy (non-hydrogen) atoms. The lowest BCUT2D eigenvalue weighted by atomic mass is 9.96. The summed E-state index contributed by atoms with van der Waals surface area (Å²) in [6.45, 7) is 4.23. The van der Waals surface area contributed by atoms with E-state index in [1.165, 1.54) is 11.3 Å². The van der Waals surface area contributed by atoms with E-state index in [2.05, 4.69) is 0 Å². The summed E-state index contributed by atoms with van der Waals surface area (Å²) in [4.78, 5) is 28.5. The lowest BCUT2D eigenvalue weighted by Crippen LogP contribution is -2.31. The van der Waals surface area contributed by atoms with Crippen LogP contribution in [0.4, 0.5) is 0 Å². The number of aliphatic hydroxyl groups is 1. The summed E-state index contributed by atoms with van der Waals surface area (Å²) < 4.78 is 0. The van der Waals surface area contributed by atoms with Crippen molar-refractivity contribution in [3.63, 3.8) is 0 Å². The monoisotopic (exact) mass is 417 g/mol. The van der Waals surface area contributed by atoms with Crippen molar-refractivity contribution >= 4 is 28.8 Å². The van der Waals surface area contributed by atoms with E-state index < -0.39 is 17.7 Å². The van der Waals surface area contributed by atoms with E-state index in [0.717, 1.165) is 21.6 Å². The number of ketones is 1. The van der Waals surface area contributed by atoms with Gasteiger partial charge in [-0.3, -0.25) is 9.59 Å². The highest BCUT2D eigenvalue weighted by Crippen LogP contribution is 2.41. The third-order valence-corrected chi connectivity index (χ3v) is 6.41. The van der Waals surface area contributed by atoms with Gasteiger partial charge in [0.2, 0.25) is 0 Å². The summed E-state index contributed by atoms with van der Waals surface area (Å²) in [7, 11) is 0. The second kappa shape index (κ2) is 8.28. The van der Waals surface area contributed by atoms with Crippen LogP contribution in [0.15, 0.2) is 71.6 Å². The molecule has 0 spiro atoms. The van der Waals surface area contributed by atoms with Crippen LogP contribution in [0.5, 0.6) is 0 Å². The fourth-order valence-corrected chi connectivity index (χ4v) is 4.73. The fourth-order valence-electron chi connectivity index (χ4n) is 3.88. The van der Waals surface area contributed by atoms with Crippen molar-refractivity contribution in [2.24, 2.45) is 0 Å². The molecular formula is C25H23NO3S. The predicted octanol–water partition coefficient (Wildman–Crippen LogP) is 5.03. The van der Waals surface area contributed by atoms with E-state index in [9.17, 15) is 14.7 Å². The Morgan fingerprint density at radius 2 is 1.80 bits per heavy atom. The topological polar surface area (TPSA) is 57.6 Å². The number of amides is 1. The zero-order chi connectivity index (χ0) is 21.3. The van der Waals surface area contributed by atoms with Gasteiger partial charge in [0.1, 0.15) is 5.76 Å². The van der Waals surface area contributed by atoms with Gasteiger partial charge in [-0.25, -0.2) is 0 Å². The molecule has 5 heteroatoms. The summed E-state index contributed by atoms with van der Waals surface area (Å²) in [5.74, 6) is -1.29. The van der Waals surface area contributed by atoms with Crippen molar-refractivity contribution in [2.75, 3.05) is 6.54 Å². The molecule has 0 saturated carbocycles. The number of rotatable bonds is 5. The molecule has 1 saturated heterocycles. The Balaban J connectivity index is 1.78. The summed E-state index contributed by atoms with van der Waals surface area (Å²) in [5.41, 5.74) is 3.70. The van der Waals surface area contributed by atoms with Crippen LogP contribution in [0.1, 0.15) is 33.2 Å². The molecule has 4 rings (SSSR count). The Morgan fingerprint density at radius 1 is 1.03 bits per heavy atom. The average molecular weight is 418 g/mol. The molecule has 1 N–H and O–H groups in total. The Bertz CT molecular complexity index is 1120. The quantitative estimate of drug-likeness (QED) is 0.360. The Hall–Kier alpha value is -3.18. The van der Waals surface area contributed by atoms with Crippen LogP contribution in [0.3, 0.4) is 0 Å². The molecule has 3 aromatic rings. The van der Waals surface area contributed by atoms with E-state index in [-0.39, 0.29) is 11.3 Å². The number of benzene rings is 2. The van der Waals surface area contributed by atoms with Crippen molar-refractivity contribution in [1.82, 2.24) is 4.90 Å². The van der Waals surface area contributed by atoms with E-state index in [0.29, 0.717) is 18.5 Å². The second-order valence-corrected chi connectivity index (χ2v) is 8.54. The number of likely N-dealkylation sites (tertiary alicyclic amines) is 1. The fraction of sp³-hybridized carbons (Fsp3) is 0.200. The summed E-state index contributed by atoms with van der Waals surface area (Å²) in [6.07, 6.45) is 0.638. The highest BCUT2D eigenvalue weighted by atomic mass is 32.1. The van der Waals surface area contributed by atoms with Crippen LogP contribution in [0.25, 0.3) is 5.76 Å². The third kappa shape index (κ3) is 3.68. The first-order valence-corrected chi connectivity index (χ1v) is 10.8. The molecule has 0 bridgehead atoms. The number of Topliss-reactive ketones (excluding diaryl/α,β-unsaturated/α-hetero) is 1. The van der Waals surface area contributed by atoms with Crippen molar-refractivity contribution < 1.29 is 14.7 Å². The van der Waals surface area contributed by atoms with Crippen molar-refractivity contribution in [3.8, 4) is 0 Å². The maximum absolute atomic E-state index is 13.0. The van der Waals surface area contributed by atoms with Gasteiger partial charge < -0.3 is 10.0 Å². The predicted molar refractivity (Wildman–Crippen MR) is 119 cm³/mol. The van der Waals surface area contributed by atoms with Gasteiger partial charge in [-0.2, -0.15) is 0 Å². The van der Waals surface area contributed by atoms with Gasteiger partial charge in [-0.05, 0) is 48.9 Å². The minimum absolute atomic E-state index is 0.102. The first kappa shape index (κ1) is 20.1. The highest BCUT2D eigenvalue weighted by Gasteiger charge is 2.46. The van der Waals surface area contributed by atoms with Gasteiger partial charge in [-0.1, -0.05) is 54.1 Å². The molecule has 1 unspecified atom stereocenters. The van der Waals surface area contributed by atoms with E-state index in [1.807, 2.05) is 79.9 Å². The number of aliphatic hydroxyl groups excluding tert-OH is 1. The number of carbonyl (C=O) groups is 2. The van der Waals surface area contributed by atoms with Gasteiger partial charge in [0.05, 0.1) is 11.6 Å². The zero-order valence-electron chi connectivity index (χ0n) is 17.0. The zero-order valence-corrected chi connectivity index (χ0v) is 17.8. The van der Waals surface area contributed by atoms with Crippen LogP contribution in [-0.4, -0.2) is 28.2 Å². The average Bonchev–Trinajstić information content (AvgIpc) is 3.36. The first-order valence-electron chi connectivity index (χ1n) is 9.90. The third-order valence-electron chi connectivity index (χ3n) is 5.49. The highest BCUT2D eigenvalue weighted by molar-refractivity contribution is 7.10. The molecule has 1 aliphatic rings. The summed E-state index contributed by atoms with van der Waals surface area (Å²) in [6, 6.07) is 18.8. The van der Waals surface area contributed by atoms with Crippen molar-refractivity contribution in [3.05, 3.63) is 98.7 Å². The normalized spacial score (nSPS) is 18.2. The summed E-state index contributed by atoms with van der Waals surface area (Å²) in [5, 5.41) is 13.1. The van der Waals surface area contributed by atoms with Crippen LogP contribution >= 0.6 is 11.3 Å². The molecule has 0 aliphatic carbocycles. The van der Waals surface area contributed by atoms with E-state index in [1.54, 1.807) is 4.90 Å². The number of thiophene rings is 1. The van der Waals surface area contributed by atoms with Gasteiger partial charge in [-0.15, -0.1) is 11.3 Å². The molecule has 2 heterocycles. The van der Waals surface area contributed by atoms with Crippen molar-refractivity contribution in [1.29, 1.82) is 0 Å². The lowest BCUT2D eigenvalue weighted by Gasteiger charge is -2.24. The van der Waals surface area contributed by atoms with Crippen LogP contribution in [0, 0.1) is 13.8 Å². The number of hydrogen-bond donors (Lipinski definition) is 1. The summed E-state index contributed by atoms with van der Waals surface area (Å²) >= 11 is 1.48. The standard InChI is InChI=1S/C25H23NO3S/c1-16-10-11-17(2)19(15-16)23(27)21-22(20-9-6-14-30-20)26(25(29)24(21)28)13-12-18-7-4-3-5-8-18/h3-11,14-15,22,27H,12-13H2,1-2H3. The van der Waals surface area contributed by atoms with Crippen LogP contribution < -0.4 is 0 Å². The van der Waals surface area contributed by atoms with Gasteiger partial charge in [0.15, 0.2) is 0 Å². The first-order chi connectivity index (χ1) is 14.5. The number of hydrogen-bond acceptors (Lipinski definition) is 4. The minimum atomic E-state index is -0.625. The Morgan fingerprint density at radius 3 is 2.50 bits per heavy atom. The molecule has 2 aromatic carbocycles. The molecule has 1 aliphatic heterocycles. The molecule has 1 atom stereocenters. The molecule has 152 valence electrons. The number of aryl methyl sites for hydroxylation is 2. The van der Waals surface area contributed by atoms with Gasteiger partial charge >= 0.3 is 0 Å². The minimum Gasteiger partial charge on any atom is -0.507 e. The van der Waals surface area contributed by atoms with Crippen LogP contribution in [0.2, 0.25) is 0 Å². The molecule has 1 fully saturated rings. The van der Waals surface area contributed by atoms with Gasteiger partial charge in [0, 0.05) is 17.0 Å². The molecule has 4 nitrogen and oxygen atoms in total. The lowest BCUT2D eigenvalue weighted by molar-refractivity contribution is -0.139. The largest absolute Gasteiger partial charge is 0.507 e. The van der Waals surface area contributed by atoms with Crippen molar-refractivity contribution in [2.45, 2.75) is 26.3 Å². The molecular weight excluding hydrogens is 394 g/mol. The van der Waals surface area contributed by atoms with E-state index >= 15 is 0 Å². The second-order valence-electron chi connectivity index (χ2n) is 7.56. The molecule has 1 amide bonds. The maximum atomic E-state index is 13.0. The smallest absolute Gasteiger partial charge is 0.295 e. The number of nitrogens with zero attached hydrogens (tertiary/aromatic N) is 1. The molecule has 0 radical (unpaired) electrons. The SMILES string of the molecule is Cc1ccc(C)c(C(O)=C2C(=O)C(=O)N(CCc3ccccc3)C2c2cccs2)c1. The Kier molecular flexibility index (Phi) is 5.55. The van der Waals surface area contributed by atoms with Gasteiger partial charge in [0.25, 0.3) is 11.7 Å². The maximum Gasteiger partial charge on any atom is 0.295 e. The molecule has 1 aromatic heterocycles. The van der Waals surface area contributed by atoms with E-state index in [4.69, 9.17) is 0 Å². The van der Waals surface area contributed by atoms with Crippen LogP contribution in [-0.2, 0) is 16.0 Å². The number of carbonyl (C=O) groups excluding carboxylic acids is 2. The Labute approximate surface area is 180 Å².